The van der Waals surface area contributed by atoms with Gasteiger partial charge in [-0.25, -0.2) is 0 Å². The van der Waals surface area contributed by atoms with Gasteiger partial charge in [0.05, 0.1) is 20.3 Å². The minimum Gasteiger partial charge on any atom is -0.496 e. The fourth-order valence-corrected chi connectivity index (χ4v) is 2.65. The van der Waals surface area contributed by atoms with E-state index in [4.69, 9.17) is 9.47 Å². The standard InChI is InChI=1S/C16H25NO2/c1-12(2)13-5-6-14(15(9-13)18-4)16(7-8-17-3)10-19-11-16/h5-6,9,12,17H,7-8,10-11H2,1-4H3. The largest absolute Gasteiger partial charge is 0.496 e. The molecule has 106 valence electrons. The van der Waals surface area contributed by atoms with E-state index in [1.165, 1.54) is 11.1 Å². The fraction of sp³-hybridized carbons (Fsp3) is 0.625. The lowest BCUT2D eigenvalue weighted by atomic mass is 9.75. The SMILES string of the molecule is CNCCC1(c2ccc(C(C)C)cc2OC)COC1. The van der Waals surface area contributed by atoms with E-state index >= 15 is 0 Å². The summed E-state index contributed by atoms with van der Waals surface area (Å²) in [4.78, 5) is 0. The van der Waals surface area contributed by atoms with Crippen molar-refractivity contribution < 1.29 is 9.47 Å². The zero-order valence-electron chi connectivity index (χ0n) is 12.5. The minimum absolute atomic E-state index is 0.129. The van der Waals surface area contributed by atoms with Crippen molar-refractivity contribution in [3.8, 4) is 5.75 Å². The van der Waals surface area contributed by atoms with Crippen LogP contribution in [-0.4, -0.2) is 33.9 Å². The van der Waals surface area contributed by atoms with Crippen LogP contribution < -0.4 is 10.1 Å². The Balaban J connectivity index is 2.32. The lowest BCUT2D eigenvalue weighted by Crippen LogP contribution is -2.48. The molecule has 1 aliphatic heterocycles. The summed E-state index contributed by atoms with van der Waals surface area (Å²) in [7, 11) is 3.75. The maximum absolute atomic E-state index is 5.62. The molecule has 1 aromatic rings. The van der Waals surface area contributed by atoms with Crippen molar-refractivity contribution >= 4 is 0 Å². The van der Waals surface area contributed by atoms with Gasteiger partial charge in [0.1, 0.15) is 5.75 Å². The number of nitrogens with one attached hydrogen (secondary N) is 1. The van der Waals surface area contributed by atoms with E-state index in [2.05, 4.69) is 37.4 Å². The number of benzene rings is 1. The van der Waals surface area contributed by atoms with Crippen LogP contribution in [0.4, 0.5) is 0 Å². The Bertz CT molecular complexity index is 425. The Morgan fingerprint density at radius 2 is 2.11 bits per heavy atom. The first-order chi connectivity index (χ1) is 9.13. The molecular weight excluding hydrogens is 238 g/mol. The van der Waals surface area contributed by atoms with Crippen LogP contribution in [0.3, 0.4) is 0 Å². The predicted molar refractivity (Wildman–Crippen MR) is 78.1 cm³/mol. The molecule has 1 fully saturated rings. The smallest absolute Gasteiger partial charge is 0.123 e. The van der Waals surface area contributed by atoms with Gasteiger partial charge in [-0.15, -0.1) is 0 Å². The van der Waals surface area contributed by atoms with Gasteiger partial charge in [-0.1, -0.05) is 26.0 Å². The number of methoxy groups -OCH3 is 1. The van der Waals surface area contributed by atoms with Gasteiger partial charge in [0.15, 0.2) is 0 Å². The third-order valence-corrected chi connectivity index (χ3v) is 4.07. The van der Waals surface area contributed by atoms with Gasteiger partial charge in [-0.3, -0.25) is 0 Å². The molecule has 0 unspecified atom stereocenters. The van der Waals surface area contributed by atoms with Crippen LogP contribution in [0.1, 0.15) is 37.3 Å². The van der Waals surface area contributed by atoms with Crippen LogP contribution in [0.15, 0.2) is 18.2 Å². The van der Waals surface area contributed by atoms with Crippen molar-refractivity contribution in [2.24, 2.45) is 0 Å². The monoisotopic (exact) mass is 263 g/mol. The molecule has 0 amide bonds. The second kappa shape index (κ2) is 5.93. The molecule has 0 atom stereocenters. The zero-order chi connectivity index (χ0) is 13.9. The van der Waals surface area contributed by atoms with Crippen molar-refractivity contribution in [3.05, 3.63) is 29.3 Å². The summed E-state index contributed by atoms with van der Waals surface area (Å²) in [6.45, 7) is 7.01. The average Bonchev–Trinajstić information content (AvgIpc) is 2.37. The number of ether oxygens (including phenoxy) is 2. The quantitative estimate of drug-likeness (QED) is 0.856. The van der Waals surface area contributed by atoms with Crippen LogP contribution in [0.25, 0.3) is 0 Å². The third-order valence-electron chi connectivity index (χ3n) is 4.07. The molecule has 3 nitrogen and oxygen atoms in total. The molecule has 0 bridgehead atoms. The van der Waals surface area contributed by atoms with Gasteiger partial charge >= 0.3 is 0 Å². The molecule has 0 spiro atoms. The Morgan fingerprint density at radius 1 is 1.37 bits per heavy atom. The first kappa shape index (κ1) is 14.4. The molecule has 1 heterocycles. The molecule has 1 saturated heterocycles. The molecule has 0 saturated carbocycles. The summed E-state index contributed by atoms with van der Waals surface area (Å²) < 4.78 is 11.1. The van der Waals surface area contributed by atoms with Gasteiger partial charge in [0, 0.05) is 11.0 Å². The summed E-state index contributed by atoms with van der Waals surface area (Å²) in [6, 6.07) is 6.63. The van der Waals surface area contributed by atoms with E-state index < -0.39 is 0 Å². The Morgan fingerprint density at radius 3 is 2.58 bits per heavy atom. The van der Waals surface area contributed by atoms with Gasteiger partial charge in [-0.2, -0.15) is 0 Å². The molecule has 1 aromatic carbocycles. The van der Waals surface area contributed by atoms with Crippen LogP contribution in [0.5, 0.6) is 5.75 Å². The third kappa shape index (κ3) is 2.77. The van der Waals surface area contributed by atoms with Crippen molar-refractivity contribution in [2.75, 3.05) is 33.9 Å². The van der Waals surface area contributed by atoms with Crippen molar-refractivity contribution in [3.63, 3.8) is 0 Å². The molecule has 2 rings (SSSR count). The van der Waals surface area contributed by atoms with Crippen LogP contribution in [-0.2, 0) is 10.2 Å². The van der Waals surface area contributed by atoms with Crippen molar-refractivity contribution in [1.29, 1.82) is 0 Å². The second-order valence-electron chi connectivity index (χ2n) is 5.74. The first-order valence-corrected chi connectivity index (χ1v) is 7.04. The predicted octanol–water partition coefficient (Wildman–Crippen LogP) is 2.70. The molecule has 0 aliphatic carbocycles. The van der Waals surface area contributed by atoms with Crippen molar-refractivity contribution in [1.82, 2.24) is 5.32 Å². The summed E-state index contributed by atoms with van der Waals surface area (Å²) in [5.41, 5.74) is 2.75. The fourth-order valence-electron chi connectivity index (χ4n) is 2.65. The topological polar surface area (TPSA) is 30.5 Å². The van der Waals surface area contributed by atoms with E-state index in [1.54, 1.807) is 7.11 Å². The van der Waals surface area contributed by atoms with Gasteiger partial charge in [-0.05, 0) is 37.6 Å². The van der Waals surface area contributed by atoms with Crippen LogP contribution in [0, 0.1) is 0 Å². The highest BCUT2D eigenvalue weighted by molar-refractivity contribution is 5.44. The van der Waals surface area contributed by atoms with E-state index in [9.17, 15) is 0 Å². The van der Waals surface area contributed by atoms with E-state index in [-0.39, 0.29) is 5.41 Å². The summed E-state index contributed by atoms with van der Waals surface area (Å²) in [5, 5.41) is 3.23. The zero-order valence-corrected chi connectivity index (χ0v) is 12.5. The molecule has 19 heavy (non-hydrogen) atoms. The Kier molecular flexibility index (Phi) is 4.48. The lowest BCUT2D eigenvalue weighted by Gasteiger charge is -2.43. The van der Waals surface area contributed by atoms with Crippen molar-refractivity contribution in [2.45, 2.75) is 31.6 Å². The highest BCUT2D eigenvalue weighted by atomic mass is 16.5. The van der Waals surface area contributed by atoms with Crippen LogP contribution >= 0.6 is 0 Å². The summed E-state index contributed by atoms with van der Waals surface area (Å²) in [5.74, 6) is 1.53. The first-order valence-electron chi connectivity index (χ1n) is 7.04. The Labute approximate surface area is 116 Å². The van der Waals surface area contributed by atoms with Gasteiger partial charge in [0.25, 0.3) is 0 Å². The maximum Gasteiger partial charge on any atom is 0.123 e. The number of hydrogen-bond donors (Lipinski definition) is 1. The van der Waals surface area contributed by atoms with Gasteiger partial charge in [0.2, 0.25) is 0 Å². The highest BCUT2D eigenvalue weighted by Crippen LogP contribution is 2.41. The minimum atomic E-state index is 0.129. The van der Waals surface area contributed by atoms with E-state index in [0.29, 0.717) is 5.92 Å². The summed E-state index contributed by atoms with van der Waals surface area (Å²) >= 11 is 0. The molecular formula is C16H25NO2. The number of hydrogen-bond acceptors (Lipinski definition) is 3. The maximum atomic E-state index is 5.62. The second-order valence-corrected chi connectivity index (χ2v) is 5.74. The summed E-state index contributed by atoms with van der Waals surface area (Å²) in [6.07, 6.45) is 1.08. The average molecular weight is 263 g/mol. The van der Waals surface area contributed by atoms with Gasteiger partial charge < -0.3 is 14.8 Å². The molecule has 1 aliphatic rings. The highest BCUT2D eigenvalue weighted by Gasteiger charge is 2.41. The lowest BCUT2D eigenvalue weighted by molar-refractivity contribution is -0.0647. The Hall–Kier alpha value is -1.06. The molecule has 0 radical (unpaired) electrons. The van der Waals surface area contributed by atoms with Crippen LogP contribution in [0.2, 0.25) is 0 Å². The molecule has 1 N–H and O–H groups in total. The molecule has 3 heteroatoms. The molecule has 0 aromatic heterocycles. The van der Waals surface area contributed by atoms with E-state index in [1.807, 2.05) is 7.05 Å². The normalized spacial score (nSPS) is 17.3. The number of rotatable bonds is 6. The van der Waals surface area contributed by atoms with E-state index in [0.717, 1.165) is 31.9 Å².